The number of amides is 4. The van der Waals surface area contributed by atoms with E-state index in [2.05, 4.69) is 10.6 Å². The van der Waals surface area contributed by atoms with E-state index in [0.29, 0.717) is 28.8 Å². The predicted molar refractivity (Wildman–Crippen MR) is 102 cm³/mol. The molecule has 3 rings (SSSR count). The Kier molecular flexibility index (Phi) is 5.61. The first-order valence-corrected chi connectivity index (χ1v) is 8.79. The molecule has 140 valence electrons. The summed E-state index contributed by atoms with van der Waals surface area (Å²) in [7, 11) is 0. The summed E-state index contributed by atoms with van der Waals surface area (Å²) in [5.41, 5.74) is 0.807. The van der Waals surface area contributed by atoms with Crippen LogP contribution in [0.15, 0.2) is 48.5 Å². The summed E-state index contributed by atoms with van der Waals surface area (Å²) in [5, 5.41) is 5.76. The van der Waals surface area contributed by atoms with Gasteiger partial charge < -0.3 is 15.4 Å². The van der Waals surface area contributed by atoms with E-state index < -0.39 is 23.8 Å². The van der Waals surface area contributed by atoms with Crippen LogP contribution in [0.4, 0.5) is 16.2 Å². The van der Waals surface area contributed by atoms with Crippen molar-refractivity contribution in [3.63, 3.8) is 0 Å². The number of hydrogen-bond donors (Lipinski definition) is 2. The Balaban J connectivity index is 1.80. The molecule has 1 fully saturated rings. The molecule has 0 aromatic heterocycles. The molecule has 8 heteroatoms. The zero-order chi connectivity index (χ0) is 19.4. The average molecular weight is 388 g/mol. The molecule has 0 saturated carbocycles. The molecular weight excluding hydrogens is 370 g/mol. The van der Waals surface area contributed by atoms with E-state index in [1.165, 1.54) is 0 Å². The van der Waals surface area contributed by atoms with Crippen molar-refractivity contribution in [1.29, 1.82) is 0 Å². The van der Waals surface area contributed by atoms with Gasteiger partial charge in [0.1, 0.15) is 11.7 Å². The molecular formula is C19H18ClN3O4. The van der Waals surface area contributed by atoms with Gasteiger partial charge in [0.15, 0.2) is 0 Å². The van der Waals surface area contributed by atoms with Crippen LogP contribution in [0.1, 0.15) is 6.92 Å². The van der Waals surface area contributed by atoms with Crippen LogP contribution >= 0.6 is 11.6 Å². The highest BCUT2D eigenvalue weighted by Gasteiger charge is 2.39. The van der Waals surface area contributed by atoms with Crippen LogP contribution in [0.2, 0.25) is 5.02 Å². The molecule has 7 nitrogen and oxygen atoms in total. The minimum atomic E-state index is -1.06. The SMILES string of the molecule is CCOc1ccccc1NC(=O)C1CNC(=O)N(c2ccc(Cl)cc2)C1=O. The van der Waals surface area contributed by atoms with Gasteiger partial charge in [-0.15, -0.1) is 0 Å². The maximum absolute atomic E-state index is 12.8. The van der Waals surface area contributed by atoms with Crippen LogP contribution in [-0.4, -0.2) is 31.0 Å². The minimum absolute atomic E-state index is 0.0790. The number of para-hydroxylation sites is 2. The molecule has 1 atom stereocenters. The normalized spacial score (nSPS) is 16.7. The molecule has 1 aliphatic heterocycles. The van der Waals surface area contributed by atoms with Gasteiger partial charge in [-0.1, -0.05) is 23.7 Å². The number of carbonyl (C=O) groups excluding carboxylic acids is 3. The third-order valence-electron chi connectivity index (χ3n) is 4.03. The summed E-state index contributed by atoms with van der Waals surface area (Å²) in [6, 6.07) is 12.6. The molecule has 0 bridgehead atoms. The molecule has 2 aromatic carbocycles. The van der Waals surface area contributed by atoms with Gasteiger partial charge in [0, 0.05) is 11.6 Å². The van der Waals surface area contributed by atoms with Gasteiger partial charge in [-0.3, -0.25) is 9.59 Å². The molecule has 27 heavy (non-hydrogen) atoms. The van der Waals surface area contributed by atoms with Crippen LogP contribution in [0.3, 0.4) is 0 Å². The molecule has 0 radical (unpaired) electrons. The predicted octanol–water partition coefficient (Wildman–Crippen LogP) is 3.05. The van der Waals surface area contributed by atoms with Gasteiger partial charge in [0.05, 0.1) is 18.0 Å². The summed E-state index contributed by atoms with van der Waals surface area (Å²) >= 11 is 5.85. The Morgan fingerprint density at radius 1 is 1.22 bits per heavy atom. The van der Waals surface area contributed by atoms with Gasteiger partial charge in [-0.05, 0) is 43.3 Å². The molecule has 0 spiro atoms. The van der Waals surface area contributed by atoms with Crippen molar-refractivity contribution in [3.05, 3.63) is 53.6 Å². The van der Waals surface area contributed by atoms with E-state index in [9.17, 15) is 14.4 Å². The fraction of sp³-hybridized carbons (Fsp3) is 0.211. The number of nitrogens with zero attached hydrogens (tertiary/aromatic N) is 1. The van der Waals surface area contributed by atoms with Crippen molar-refractivity contribution in [2.45, 2.75) is 6.92 Å². The lowest BCUT2D eigenvalue weighted by Gasteiger charge is -2.30. The van der Waals surface area contributed by atoms with Gasteiger partial charge in [-0.25, -0.2) is 9.69 Å². The lowest BCUT2D eigenvalue weighted by Crippen LogP contribution is -2.58. The molecule has 1 aliphatic rings. The van der Waals surface area contributed by atoms with Crippen LogP contribution < -0.4 is 20.3 Å². The number of benzene rings is 2. The Hall–Kier alpha value is -3.06. The second kappa shape index (κ2) is 8.09. The van der Waals surface area contributed by atoms with Crippen molar-refractivity contribution in [2.24, 2.45) is 5.92 Å². The highest BCUT2D eigenvalue weighted by atomic mass is 35.5. The number of imide groups is 1. The number of urea groups is 1. The van der Waals surface area contributed by atoms with Crippen molar-refractivity contribution in [3.8, 4) is 5.75 Å². The van der Waals surface area contributed by atoms with Gasteiger partial charge in [0.2, 0.25) is 11.8 Å². The maximum atomic E-state index is 12.8. The fourth-order valence-corrected chi connectivity index (χ4v) is 2.85. The van der Waals surface area contributed by atoms with Crippen molar-refractivity contribution >= 4 is 40.8 Å². The van der Waals surface area contributed by atoms with Crippen molar-refractivity contribution in [2.75, 3.05) is 23.4 Å². The molecule has 1 saturated heterocycles. The quantitative estimate of drug-likeness (QED) is 0.772. The highest BCUT2D eigenvalue weighted by molar-refractivity contribution is 6.30. The van der Waals surface area contributed by atoms with Crippen LogP contribution in [0.5, 0.6) is 5.75 Å². The summed E-state index contributed by atoms with van der Waals surface area (Å²) in [5.74, 6) is -1.68. The Labute approximate surface area is 161 Å². The monoisotopic (exact) mass is 387 g/mol. The van der Waals surface area contributed by atoms with E-state index >= 15 is 0 Å². The summed E-state index contributed by atoms with van der Waals surface area (Å²) < 4.78 is 5.48. The fourth-order valence-electron chi connectivity index (χ4n) is 2.72. The Morgan fingerprint density at radius 2 is 1.93 bits per heavy atom. The van der Waals surface area contributed by atoms with E-state index in [-0.39, 0.29) is 6.54 Å². The topological polar surface area (TPSA) is 87.7 Å². The first-order chi connectivity index (χ1) is 13.0. The second-order valence-corrected chi connectivity index (χ2v) is 6.24. The number of rotatable bonds is 5. The molecule has 1 unspecified atom stereocenters. The number of halogens is 1. The van der Waals surface area contributed by atoms with E-state index in [1.807, 2.05) is 6.92 Å². The highest BCUT2D eigenvalue weighted by Crippen LogP contribution is 2.26. The third-order valence-corrected chi connectivity index (χ3v) is 4.28. The Morgan fingerprint density at radius 3 is 2.63 bits per heavy atom. The van der Waals surface area contributed by atoms with Crippen molar-refractivity contribution in [1.82, 2.24) is 5.32 Å². The van der Waals surface area contributed by atoms with Gasteiger partial charge in [0.25, 0.3) is 0 Å². The maximum Gasteiger partial charge on any atom is 0.328 e. The van der Waals surface area contributed by atoms with Gasteiger partial charge in [-0.2, -0.15) is 0 Å². The van der Waals surface area contributed by atoms with E-state index in [4.69, 9.17) is 16.3 Å². The first-order valence-electron chi connectivity index (χ1n) is 8.41. The minimum Gasteiger partial charge on any atom is -0.492 e. The number of anilines is 2. The smallest absolute Gasteiger partial charge is 0.328 e. The molecule has 0 aliphatic carbocycles. The zero-order valence-corrected chi connectivity index (χ0v) is 15.3. The number of carbonyl (C=O) groups is 3. The number of hydrogen-bond acceptors (Lipinski definition) is 4. The molecule has 1 heterocycles. The van der Waals surface area contributed by atoms with Crippen LogP contribution in [-0.2, 0) is 9.59 Å². The van der Waals surface area contributed by atoms with Crippen LogP contribution in [0.25, 0.3) is 0 Å². The van der Waals surface area contributed by atoms with E-state index in [0.717, 1.165) is 4.90 Å². The van der Waals surface area contributed by atoms with Gasteiger partial charge >= 0.3 is 6.03 Å². The standard InChI is InChI=1S/C19H18ClN3O4/c1-2-27-16-6-4-3-5-15(16)22-17(24)14-11-21-19(26)23(18(14)25)13-9-7-12(20)8-10-13/h3-10,14H,2,11H2,1H3,(H,21,26)(H,22,24). The lowest BCUT2D eigenvalue weighted by atomic mass is 10.0. The van der Waals surface area contributed by atoms with E-state index in [1.54, 1.807) is 48.5 Å². The van der Waals surface area contributed by atoms with Crippen molar-refractivity contribution < 1.29 is 19.1 Å². The lowest BCUT2D eigenvalue weighted by molar-refractivity contribution is -0.130. The summed E-state index contributed by atoms with van der Waals surface area (Å²) in [6.07, 6.45) is 0. The van der Waals surface area contributed by atoms with Crippen LogP contribution in [0, 0.1) is 5.92 Å². The first kappa shape index (κ1) is 18.7. The molecule has 4 amide bonds. The number of ether oxygens (including phenoxy) is 1. The third kappa shape index (κ3) is 4.03. The number of nitrogens with one attached hydrogen (secondary N) is 2. The molecule has 2 aromatic rings. The summed E-state index contributed by atoms with van der Waals surface area (Å²) in [6.45, 7) is 2.20. The Bertz CT molecular complexity index is 870. The average Bonchev–Trinajstić information content (AvgIpc) is 2.65. The largest absolute Gasteiger partial charge is 0.492 e. The zero-order valence-electron chi connectivity index (χ0n) is 14.6. The molecule has 2 N–H and O–H groups in total. The summed E-state index contributed by atoms with van der Waals surface area (Å²) in [4.78, 5) is 38.6. The second-order valence-electron chi connectivity index (χ2n) is 5.81.